The third-order valence-electron chi connectivity index (χ3n) is 7.38. The Morgan fingerprint density at radius 3 is 2.75 bits per heavy atom. The highest BCUT2D eigenvalue weighted by atomic mass is 16.7. The minimum Gasteiger partial charge on any atom is -0.453 e. The molecule has 0 aromatic carbocycles. The van der Waals surface area contributed by atoms with Crippen molar-refractivity contribution in [3.05, 3.63) is 23.3 Å². The Morgan fingerprint density at radius 2 is 2.11 bits per heavy atom. The van der Waals surface area contributed by atoms with E-state index in [0.29, 0.717) is 24.2 Å². The van der Waals surface area contributed by atoms with Crippen molar-refractivity contribution in [3.63, 3.8) is 0 Å². The Balaban J connectivity index is 1.87. The lowest BCUT2D eigenvalue weighted by Crippen LogP contribution is -2.65. The molecule has 6 atom stereocenters. The summed E-state index contributed by atoms with van der Waals surface area (Å²) in [6.07, 6.45) is 1.49. The number of carbonyl (C=O) groups is 2. The molecule has 4 rings (SSSR count). The van der Waals surface area contributed by atoms with Crippen LogP contribution in [0.4, 0.5) is 0 Å². The summed E-state index contributed by atoms with van der Waals surface area (Å²) in [6, 6.07) is 0. The first-order valence-electron chi connectivity index (χ1n) is 9.93. The van der Waals surface area contributed by atoms with Crippen molar-refractivity contribution < 1.29 is 33.6 Å². The van der Waals surface area contributed by atoms with Gasteiger partial charge in [0.1, 0.15) is 11.7 Å². The largest absolute Gasteiger partial charge is 0.453 e. The summed E-state index contributed by atoms with van der Waals surface area (Å²) in [6.45, 7) is 11.1. The summed E-state index contributed by atoms with van der Waals surface area (Å²) < 4.78 is 23.9. The summed E-state index contributed by atoms with van der Waals surface area (Å²) in [5.74, 6) is -2.26. The maximum atomic E-state index is 12.6. The van der Waals surface area contributed by atoms with Crippen molar-refractivity contribution in [3.8, 4) is 0 Å². The molecule has 4 aliphatic rings. The Hall–Kier alpha value is -1.70. The number of carbonyl (C=O) groups excluding carboxylic acids is 2. The van der Waals surface area contributed by atoms with E-state index in [2.05, 4.69) is 20.4 Å². The molecular formula is C21H28O7. The van der Waals surface area contributed by atoms with Crippen molar-refractivity contribution in [1.29, 1.82) is 0 Å². The zero-order valence-corrected chi connectivity index (χ0v) is 16.9. The van der Waals surface area contributed by atoms with Crippen LogP contribution in [-0.4, -0.2) is 53.9 Å². The van der Waals surface area contributed by atoms with E-state index in [1.165, 1.54) is 0 Å². The molecule has 154 valence electrons. The third kappa shape index (κ3) is 2.27. The molecule has 1 N–H and O–H groups in total. The summed E-state index contributed by atoms with van der Waals surface area (Å²) in [5.41, 5.74) is -0.196. The van der Waals surface area contributed by atoms with Gasteiger partial charge in [-0.25, -0.2) is 9.59 Å². The van der Waals surface area contributed by atoms with Crippen molar-refractivity contribution in [2.45, 2.75) is 70.6 Å². The maximum absolute atomic E-state index is 12.6. The van der Waals surface area contributed by atoms with E-state index < -0.39 is 41.5 Å². The molecule has 0 aromatic heterocycles. The molecular weight excluding hydrogens is 364 g/mol. The number of esters is 2. The van der Waals surface area contributed by atoms with Crippen molar-refractivity contribution >= 4 is 11.9 Å². The molecule has 2 heterocycles. The lowest BCUT2D eigenvalue weighted by molar-refractivity contribution is -0.244. The van der Waals surface area contributed by atoms with Gasteiger partial charge in [0.05, 0.1) is 30.3 Å². The lowest BCUT2D eigenvalue weighted by Gasteiger charge is -2.55. The molecule has 2 saturated carbocycles. The quantitative estimate of drug-likeness (QED) is 0.435. The molecule has 3 fully saturated rings. The summed E-state index contributed by atoms with van der Waals surface area (Å²) in [4.78, 5) is 25.2. The van der Waals surface area contributed by atoms with Gasteiger partial charge in [-0.2, -0.15) is 0 Å². The number of hydrogen-bond donors (Lipinski definition) is 1. The fraction of sp³-hybridized carbons (Fsp3) is 0.714. The predicted molar refractivity (Wildman–Crippen MR) is 98.0 cm³/mol. The zero-order chi connectivity index (χ0) is 20.5. The van der Waals surface area contributed by atoms with E-state index in [-0.39, 0.29) is 17.6 Å². The highest BCUT2D eigenvalue weighted by molar-refractivity contribution is 5.93. The molecule has 1 spiro atoms. The molecule has 1 unspecified atom stereocenters. The van der Waals surface area contributed by atoms with Crippen molar-refractivity contribution in [2.75, 3.05) is 13.2 Å². The Bertz CT molecular complexity index is 786. The molecule has 1 saturated heterocycles. The number of aliphatic hydroxyl groups is 1. The van der Waals surface area contributed by atoms with Crippen LogP contribution in [0.15, 0.2) is 23.3 Å². The van der Waals surface area contributed by atoms with E-state index in [0.717, 1.165) is 12.8 Å². The van der Waals surface area contributed by atoms with Gasteiger partial charge in [0.15, 0.2) is 0 Å². The topological polar surface area (TPSA) is 94.6 Å². The minimum absolute atomic E-state index is 0.0226. The van der Waals surface area contributed by atoms with Gasteiger partial charge in [-0.1, -0.05) is 20.4 Å². The van der Waals surface area contributed by atoms with Crippen LogP contribution in [0.5, 0.6) is 0 Å². The second kappa shape index (κ2) is 6.15. The van der Waals surface area contributed by atoms with E-state index in [1.54, 1.807) is 6.92 Å². The molecule has 2 aliphatic carbocycles. The first-order chi connectivity index (χ1) is 13.2. The smallest absolute Gasteiger partial charge is 0.336 e. The SMILES string of the molecule is C=C(CO)C(=O)O[C@@H]1C2=C(C)C(=O)O[C@@]2(OCC)C[C@@]23O[C@@H]2CCC(C)[C@@]13C. The van der Waals surface area contributed by atoms with Gasteiger partial charge in [0.25, 0.3) is 0 Å². The summed E-state index contributed by atoms with van der Waals surface area (Å²) in [7, 11) is 0. The number of hydrogen-bond acceptors (Lipinski definition) is 7. The molecule has 0 amide bonds. The first-order valence-corrected chi connectivity index (χ1v) is 9.93. The highest BCUT2D eigenvalue weighted by Crippen LogP contribution is 2.71. The van der Waals surface area contributed by atoms with Crippen LogP contribution in [-0.2, 0) is 28.5 Å². The molecule has 7 nitrogen and oxygen atoms in total. The normalized spacial score (nSPS) is 43.6. The Kier molecular flexibility index (Phi) is 4.30. The fourth-order valence-corrected chi connectivity index (χ4v) is 5.61. The number of fused-ring (bicyclic) bond motifs is 1. The molecule has 0 bridgehead atoms. The second-order valence-electron chi connectivity index (χ2n) is 8.59. The van der Waals surface area contributed by atoms with Gasteiger partial charge in [-0.3, -0.25) is 0 Å². The lowest BCUT2D eigenvalue weighted by atomic mass is 9.51. The standard InChI is InChI=1S/C21H28O7/c1-6-25-21-10-20-14(27-20)8-7-12(3)19(20,5)16(26-17(23)11(2)9-22)15(21)13(4)18(24)28-21/h12,14,16,22H,2,6-10H2,1,3-5H3/t12?,14-,16-,19+,20-,21+/m1/s1. The molecule has 7 heteroatoms. The Morgan fingerprint density at radius 1 is 1.39 bits per heavy atom. The molecule has 0 aromatic rings. The summed E-state index contributed by atoms with van der Waals surface area (Å²) in [5, 5.41) is 9.32. The molecule has 2 aliphatic heterocycles. The van der Waals surface area contributed by atoms with Crippen LogP contribution in [0.3, 0.4) is 0 Å². The van der Waals surface area contributed by atoms with Crippen LogP contribution >= 0.6 is 0 Å². The molecule has 0 radical (unpaired) electrons. The summed E-state index contributed by atoms with van der Waals surface area (Å²) >= 11 is 0. The number of epoxide rings is 1. The van der Waals surface area contributed by atoms with Crippen LogP contribution < -0.4 is 0 Å². The van der Waals surface area contributed by atoms with Gasteiger partial charge in [0.2, 0.25) is 5.79 Å². The monoisotopic (exact) mass is 392 g/mol. The minimum atomic E-state index is -1.28. The third-order valence-corrected chi connectivity index (χ3v) is 7.38. The first kappa shape index (κ1) is 19.6. The maximum Gasteiger partial charge on any atom is 0.336 e. The second-order valence-corrected chi connectivity index (χ2v) is 8.59. The molecule has 28 heavy (non-hydrogen) atoms. The van der Waals surface area contributed by atoms with Gasteiger partial charge in [-0.05, 0) is 32.6 Å². The van der Waals surface area contributed by atoms with E-state index in [1.807, 2.05) is 6.92 Å². The average Bonchev–Trinajstić information content (AvgIpc) is 3.30. The van der Waals surface area contributed by atoms with Crippen LogP contribution in [0.1, 0.15) is 47.0 Å². The van der Waals surface area contributed by atoms with Gasteiger partial charge >= 0.3 is 11.9 Å². The number of ether oxygens (including phenoxy) is 4. The van der Waals surface area contributed by atoms with Crippen LogP contribution in [0.2, 0.25) is 0 Å². The van der Waals surface area contributed by atoms with Crippen LogP contribution in [0.25, 0.3) is 0 Å². The van der Waals surface area contributed by atoms with Crippen molar-refractivity contribution in [1.82, 2.24) is 0 Å². The highest BCUT2D eigenvalue weighted by Gasteiger charge is 2.81. The number of aliphatic hydroxyl groups excluding tert-OH is 1. The predicted octanol–water partition coefficient (Wildman–Crippen LogP) is 2.03. The average molecular weight is 392 g/mol. The van der Waals surface area contributed by atoms with Gasteiger partial charge < -0.3 is 24.1 Å². The zero-order valence-electron chi connectivity index (χ0n) is 16.9. The van der Waals surface area contributed by atoms with Crippen molar-refractivity contribution in [2.24, 2.45) is 11.3 Å². The van der Waals surface area contributed by atoms with Crippen LogP contribution in [0, 0.1) is 11.3 Å². The van der Waals surface area contributed by atoms with Gasteiger partial charge in [0, 0.05) is 17.6 Å². The van der Waals surface area contributed by atoms with E-state index in [4.69, 9.17) is 18.9 Å². The van der Waals surface area contributed by atoms with Gasteiger partial charge in [-0.15, -0.1) is 0 Å². The number of rotatable bonds is 5. The van der Waals surface area contributed by atoms with E-state index >= 15 is 0 Å². The van der Waals surface area contributed by atoms with E-state index in [9.17, 15) is 14.7 Å². The fourth-order valence-electron chi connectivity index (χ4n) is 5.61. The Labute approximate surface area is 164 Å².